The van der Waals surface area contributed by atoms with Crippen LogP contribution in [0.1, 0.15) is 76.0 Å². The number of rotatable bonds is 10. The Balaban J connectivity index is 3.20. The highest BCUT2D eigenvalue weighted by Gasteiger charge is 2.19. The van der Waals surface area contributed by atoms with E-state index in [4.69, 9.17) is 9.84 Å². The van der Waals surface area contributed by atoms with Crippen LogP contribution in [0.3, 0.4) is 0 Å². The number of unbranched alkanes of at least 4 members (excludes halogenated alkanes) is 4. The van der Waals surface area contributed by atoms with Gasteiger partial charge in [-0.1, -0.05) is 46.5 Å². The number of aryl methyl sites for hydroxylation is 1. The van der Waals surface area contributed by atoms with E-state index in [1.165, 1.54) is 5.56 Å². The molecule has 0 radical (unpaired) electrons. The number of carboxylic acid groups (broad SMARTS) is 1. The van der Waals surface area contributed by atoms with Crippen LogP contribution >= 0.6 is 0 Å². The SMILES string of the molecule is CCCCCc1c(CC)cc(OC(=O)O)c(O)c1CCCCC. The van der Waals surface area contributed by atoms with E-state index < -0.39 is 6.16 Å². The molecular weight excluding hydrogens is 292 g/mol. The van der Waals surface area contributed by atoms with Crippen molar-refractivity contribution in [1.82, 2.24) is 0 Å². The Morgan fingerprint density at radius 3 is 2.04 bits per heavy atom. The number of ether oxygens (including phenoxy) is 1. The summed E-state index contributed by atoms with van der Waals surface area (Å²) in [6, 6.07) is 1.69. The maximum Gasteiger partial charge on any atom is 0.511 e. The van der Waals surface area contributed by atoms with Gasteiger partial charge in [0.15, 0.2) is 11.5 Å². The van der Waals surface area contributed by atoms with Crippen LogP contribution < -0.4 is 4.74 Å². The Kier molecular flexibility index (Phi) is 8.52. The molecule has 0 spiro atoms. The highest BCUT2D eigenvalue weighted by atomic mass is 16.7. The molecule has 0 atom stereocenters. The topological polar surface area (TPSA) is 66.8 Å². The first-order valence-electron chi connectivity index (χ1n) is 8.82. The van der Waals surface area contributed by atoms with Gasteiger partial charge in [-0.2, -0.15) is 0 Å². The van der Waals surface area contributed by atoms with Gasteiger partial charge < -0.3 is 14.9 Å². The Bertz CT molecular complexity index is 509. The minimum absolute atomic E-state index is 0.00667. The molecule has 4 heteroatoms. The van der Waals surface area contributed by atoms with Crippen LogP contribution in [0.2, 0.25) is 0 Å². The molecule has 0 aliphatic carbocycles. The number of benzene rings is 1. The summed E-state index contributed by atoms with van der Waals surface area (Å²) >= 11 is 0. The predicted octanol–water partition coefficient (Wildman–Crippen LogP) is 5.48. The third-order valence-corrected chi connectivity index (χ3v) is 4.22. The smallest absolute Gasteiger partial charge is 0.504 e. The van der Waals surface area contributed by atoms with Gasteiger partial charge >= 0.3 is 6.16 Å². The summed E-state index contributed by atoms with van der Waals surface area (Å²) in [7, 11) is 0. The number of carbonyl (C=O) groups is 1. The van der Waals surface area contributed by atoms with Crippen molar-refractivity contribution in [2.45, 2.75) is 78.6 Å². The molecule has 0 fully saturated rings. The standard InChI is InChI=1S/C19H30O4/c1-4-7-9-11-15-14(6-3)13-17(23-19(21)22)18(20)16(15)12-10-8-5-2/h13,20H,4-12H2,1-3H3,(H,21,22). The van der Waals surface area contributed by atoms with E-state index >= 15 is 0 Å². The summed E-state index contributed by atoms with van der Waals surface area (Å²) in [4.78, 5) is 10.9. The molecule has 4 nitrogen and oxygen atoms in total. The van der Waals surface area contributed by atoms with E-state index in [0.717, 1.165) is 68.9 Å². The zero-order valence-corrected chi connectivity index (χ0v) is 14.7. The van der Waals surface area contributed by atoms with Crippen LogP contribution in [0.4, 0.5) is 4.79 Å². The Hall–Kier alpha value is -1.71. The number of hydrogen-bond donors (Lipinski definition) is 2. The van der Waals surface area contributed by atoms with Crippen molar-refractivity contribution >= 4 is 6.16 Å². The fraction of sp³-hybridized carbons (Fsp3) is 0.632. The van der Waals surface area contributed by atoms with Crippen molar-refractivity contribution in [2.24, 2.45) is 0 Å². The van der Waals surface area contributed by atoms with Gasteiger partial charge in [0.1, 0.15) is 0 Å². The highest BCUT2D eigenvalue weighted by Crippen LogP contribution is 2.37. The van der Waals surface area contributed by atoms with Gasteiger partial charge in [-0.05, 0) is 49.3 Å². The fourth-order valence-electron chi connectivity index (χ4n) is 2.97. The molecule has 2 N–H and O–H groups in total. The van der Waals surface area contributed by atoms with Gasteiger partial charge in [0, 0.05) is 5.56 Å². The van der Waals surface area contributed by atoms with Gasteiger partial charge in [0.2, 0.25) is 0 Å². The summed E-state index contributed by atoms with van der Waals surface area (Å²) in [6.07, 6.45) is 7.71. The summed E-state index contributed by atoms with van der Waals surface area (Å²) < 4.78 is 4.78. The Morgan fingerprint density at radius 1 is 1.00 bits per heavy atom. The summed E-state index contributed by atoms with van der Waals surface area (Å²) in [6.45, 7) is 6.36. The van der Waals surface area contributed by atoms with Crippen LogP contribution in [0.5, 0.6) is 11.5 Å². The summed E-state index contributed by atoms with van der Waals surface area (Å²) in [5, 5.41) is 19.4. The van der Waals surface area contributed by atoms with E-state index in [-0.39, 0.29) is 11.5 Å². The molecule has 1 aromatic carbocycles. The molecule has 130 valence electrons. The monoisotopic (exact) mass is 322 g/mol. The zero-order chi connectivity index (χ0) is 17.2. The second kappa shape index (κ2) is 10.1. The first kappa shape index (κ1) is 19.3. The van der Waals surface area contributed by atoms with E-state index in [9.17, 15) is 9.90 Å². The first-order valence-corrected chi connectivity index (χ1v) is 8.82. The lowest BCUT2D eigenvalue weighted by Gasteiger charge is -2.18. The van der Waals surface area contributed by atoms with Gasteiger partial charge in [0.05, 0.1) is 0 Å². The molecule has 0 bridgehead atoms. The molecule has 0 aliphatic heterocycles. The average molecular weight is 322 g/mol. The molecular formula is C19H30O4. The Morgan fingerprint density at radius 2 is 1.57 bits per heavy atom. The number of hydrogen-bond acceptors (Lipinski definition) is 3. The van der Waals surface area contributed by atoms with Gasteiger partial charge in [0.25, 0.3) is 0 Å². The van der Waals surface area contributed by atoms with E-state index in [1.807, 2.05) is 0 Å². The Labute approximate surface area is 139 Å². The van der Waals surface area contributed by atoms with Gasteiger partial charge in [-0.15, -0.1) is 0 Å². The lowest BCUT2D eigenvalue weighted by atomic mass is 9.90. The number of aromatic hydroxyl groups is 1. The maximum atomic E-state index is 10.9. The molecule has 0 aliphatic rings. The van der Waals surface area contributed by atoms with Crippen molar-refractivity contribution < 1.29 is 19.7 Å². The van der Waals surface area contributed by atoms with Crippen LogP contribution in [0.25, 0.3) is 0 Å². The normalized spacial score (nSPS) is 10.7. The molecule has 1 rings (SSSR count). The number of phenolic OH excluding ortho intramolecular Hbond substituents is 1. The predicted molar refractivity (Wildman–Crippen MR) is 92.6 cm³/mol. The molecule has 1 aromatic rings. The van der Waals surface area contributed by atoms with Crippen molar-refractivity contribution in [3.8, 4) is 11.5 Å². The largest absolute Gasteiger partial charge is 0.511 e. The highest BCUT2D eigenvalue weighted by molar-refractivity contribution is 5.65. The molecule has 23 heavy (non-hydrogen) atoms. The fourth-order valence-corrected chi connectivity index (χ4v) is 2.97. The van der Waals surface area contributed by atoms with Crippen molar-refractivity contribution in [3.05, 3.63) is 22.8 Å². The molecule has 0 saturated heterocycles. The van der Waals surface area contributed by atoms with Gasteiger partial charge in [-0.25, -0.2) is 4.79 Å². The van der Waals surface area contributed by atoms with E-state index in [2.05, 4.69) is 20.8 Å². The minimum atomic E-state index is -1.39. The van der Waals surface area contributed by atoms with Crippen molar-refractivity contribution in [1.29, 1.82) is 0 Å². The number of phenols is 1. The van der Waals surface area contributed by atoms with Crippen LogP contribution in [0, 0.1) is 0 Å². The molecule has 0 amide bonds. The first-order chi connectivity index (χ1) is 11.0. The summed E-state index contributed by atoms with van der Waals surface area (Å²) in [5.41, 5.74) is 3.15. The zero-order valence-electron chi connectivity index (χ0n) is 14.7. The third-order valence-electron chi connectivity index (χ3n) is 4.22. The lowest BCUT2D eigenvalue weighted by Crippen LogP contribution is -2.08. The summed E-state index contributed by atoms with van der Waals surface area (Å²) in [5.74, 6) is 0.0762. The quantitative estimate of drug-likeness (QED) is 0.340. The van der Waals surface area contributed by atoms with Crippen molar-refractivity contribution in [3.63, 3.8) is 0 Å². The molecule has 0 heterocycles. The minimum Gasteiger partial charge on any atom is -0.504 e. The van der Waals surface area contributed by atoms with Gasteiger partial charge in [-0.3, -0.25) is 0 Å². The molecule has 0 saturated carbocycles. The molecule has 0 unspecified atom stereocenters. The second-order valence-corrected chi connectivity index (χ2v) is 5.98. The van der Waals surface area contributed by atoms with Crippen molar-refractivity contribution in [2.75, 3.05) is 0 Å². The van der Waals surface area contributed by atoms with Crippen LogP contribution in [0.15, 0.2) is 6.07 Å². The lowest BCUT2D eigenvalue weighted by molar-refractivity contribution is 0.142. The molecule has 0 aromatic heterocycles. The van der Waals surface area contributed by atoms with E-state index in [1.54, 1.807) is 6.07 Å². The van der Waals surface area contributed by atoms with E-state index in [0.29, 0.717) is 0 Å². The maximum absolute atomic E-state index is 10.9. The third kappa shape index (κ3) is 5.77. The average Bonchev–Trinajstić information content (AvgIpc) is 2.52. The van der Waals surface area contributed by atoms with Crippen LogP contribution in [-0.4, -0.2) is 16.4 Å². The van der Waals surface area contributed by atoms with Crippen LogP contribution in [-0.2, 0) is 19.3 Å². The second-order valence-electron chi connectivity index (χ2n) is 5.98.